The second kappa shape index (κ2) is 14.0. The zero-order chi connectivity index (χ0) is 17.3. The molecule has 1 aromatic carbocycles. The molecule has 1 nitrogen and oxygen atoms in total. The first-order valence-corrected chi connectivity index (χ1v) is 8.28. The third kappa shape index (κ3) is 12.0. The minimum Gasteiger partial charge on any atom is -0.502 e. The van der Waals surface area contributed by atoms with Crippen LogP contribution in [0.25, 0.3) is 0 Å². The molecule has 0 amide bonds. The molecule has 2 heteroatoms. The van der Waals surface area contributed by atoms with Gasteiger partial charge < -0.3 is 5.11 Å². The molecule has 0 atom stereocenters. The average Bonchev–Trinajstić information content (AvgIpc) is 2.59. The molecule has 24 heavy (non-hydrogen) atoms. The molecule has 0 fully saturated rings. The maximum absolute atomic E-state index is 8.84. The summed E-state index contributed by atoms with van der Waals surface area (Å²) >= 11 is 4.58. The summed E-state index contributed by atoms with van der Waals surface area (Å²) in [5, 5.41) is 8.89. The van der Waals surface area contributed by atoms with E-state index < -0.39 is 0 Å². The summed E-state index contributed by atoms with van der Waals surface area (Å²) in [5.74, 6) is 24.1. The third-order valence-corrected chi connectivity index (χ3v) is 3.06. The normalized spacial score (nSPS) is 8.17. The summed E-state index contributed by atoms with van der Waals surface area (Å²) in [6.07, 6.45) is 4.55. The standard InChI is InChI=1S/C22H20OS/c23-22(24)20-16-11-9-7-5-3-1-2-4-6-8-10-13-17-21-18-14-12-15-19-21/h12,14-15,18-19H,2,5,8,11,16-17,20H2,(H,23,24). The van der Waals surface area contributed by atoms with Crippen LogP contribution in [0.4, 0.5) is 0 Å². The van der Waals surface area contributed by atoms with E-state index in [-0.39, 0.29) is 5.05 Å². The molecule has 0 saturated heterocycles. The number of aliphatic hydroxyl groups excluding tert-OH is 1. The molecule has 0 spiro atoms. The quantitative estimate of drug-likeness (QED) is 0.499. The number of thiocarbonyl (C=S) groups is 1. The van der Waals surface area contributed by atoms with E-state index in [1.54, 1.807) is 0 Å². The van der Waals surface area contributed by atoms with Gasteiger partial charge in [-0.05, 0) is 24.2 Å². The zero-order valence-corrected chi connectivity index (χ0v) is 14.5. The van der Waals surface area contributed by atoms with Gasteiger partial charge in [-0.1, -0.05) is 71.8 Å². The second-order valence-corrected chi connectivity index (χ2v) is 5.33. The number of unbranched alkanes of at least 4 members (excludes halogenated alkanes) is 1. The Labute approximate surface area is 150 Å². The molecule has 0 bridgehead atoms. The number of benzene rings is 1. The first-order chi connectivity index (χ1) is 11.8. The lowest BCUT2D eigenvalue weighted by Crippen LogP contribution is -1.89. The Morgan fingerprint density at radius 3 is 1.92 bits per heavy atom. The van der Waals surface area contributed by atoms with Gasteiger partial charge in [0.1, 0.15) is 0 Å². The SMILES string of the molecule is OC(=S)CCCC#CCC#CCC#CCC#CCc1ccccc1. The first kappa shape index (κ1) is 19.4. The molecular weight excluding hydrogens is 312 g/mol. The Bertz CT molecular complexity index is 746. The van der Waals surface area contributed by atoms with Gasteiger partial charge in [-0.2, -0.15) is 0 Å². The fourth-order valence-electron chi connectivity index (χ4n) is 1.68. The molecule has 1 aromatic rings. The molecule has 0 heterocycles. The largest absolute Gasteiger partial charge is 0.502 e. The van der Waals surface area contributed by atoms with Crippen LogP contribution in [-0.2, 0) is 6.42 Å². The van der Waals surface area contributed by atoms with Crippen molar-refractivity contribution in [1.29, 1.82) is 0 Å². The van der Waals surface area contributed by atoms with Crippen molar-refractivity contribution in [2.45, 2.75) is 44.9 Å². The van der Waals surface area contributed by atoms with Crippen molar-refractivity contribution in [1.82, 2.24) is 0 Å². The predicted octanol–water partition coefficient (Wildman–Crippen LogP) is 4.47. The molecule has 1 N–H and O–H groups in total. The molecule has 0 aliphatic rings. The van der Waals surface area contributed by atoms with Crippen LogP contribution in [0.15, 0.2) is 30.3 Å². The van der Waals surface area contributed by atoms with E-state index >= 15 is 0 Å². The molecule has 0 aliphatic heterocycles. The van der Waals surface area contributed by atoms with E-state index in [2.05, 4.69) is 71.7 Å². The van der Waals surface area contributed by atoms with Crippen LogP contribution in [-0.4, -0.2) is 10.2 Å². The van der Waals surface area contributed by atoms with E-state index in [1.807, 2.05) is 18.2 Å². The Morgan fingerprint density at radius 1 is 0.792 bits per heavy atom. The van der Waals surface area contributed by atoms with Gasteiger partial charge in [-0.25, -0.2) is 0 Å². The van der Waals surface area contributed by atoms with E-state index in [0.717, 1.165) is 19.3 Å². The highest BCUT2D eigenvalue weighted by Crippen LogP contribution is 1.97. The second-order valence-electron chi connectivity index (χ2n) is 4.85. The summed E-state index contributed by atoms with van der Waals surface area (Å²) < 4.78 is 0. The van der Waals surface area contributed by atoms with Gasteiger partial charge in [0.25, 0.3) is 0 Å². The van der Waals surface area contributed by atoms with Crippen molar-refractivity contribution in [2.24, 2.45) is 0 Å². The van der Waals surface area contributed by atoms with Crippen LogP contribution in [0, 0.1) is 47.4 Å². The van der Waals surface area contributed by atoms with Gasteiger partial charge in [0, 0.05) is 19.3 Å². The Hall–Kier alpha value is -2.65. The highest BCUT2D eigenvalue weighted by Gasteiger charge is 1.88. The average molecular weight is 332 g/mol. The monoisotopic (exact) mass is 332 g/mol. The van der Waals surface area contributed by atoms with Crippen molar-refractivity contribution >= 4 is 17.3 Å². The van der Waals surface area contributed by atoms with Gasteiger partial charge in [0.15, 0.2) is 5.05 Å². The van der Waals surface area contributed by atoms with Crippen LogP contribution in [0.5, 0.6) is 0 Å². The Kier molecular flexibility index (Phi) is 11.3. The molecule has 0 aromatic heterocycles. The van der Waals surface area contributed by atoms with E-state index in [4.69, 9.17) is 5.11 Å². The maximum atomic E-state index is 8.84. The molecule has 120 valence electrons. The lowest BCUT2D eigenvalue weighted by Gasteiger charge is -1.90. The molecular formula is C22H20OS. The van der Waals surface area contributed by atoms with Crippen LogP contribution >= 0.6 is 12.2 Å². The molecule has 0 radical (unpaired) electrons. The van der Waals surface area contributed by atoms with E-state index in [9.17, 15) is 0 Å². The van der Waals surface area contributed by atoms with Gasteiger partial charge in [0.05, 0.1) is 19.3 Å². The highest BCUT2D eigenvalue weighted by molar-refractivity contribution is 7.80. The van der Waals surface area contributed by atoms with Gasteiger partial charge in [-0.3, -0.25) is 0 Å². The number of aliphatic hydroxyl groups is 1. The predicted molar refractivity (Wildman–Crippen MR) is 104 cm³/mol. The van der Waals surface area contributed by atoms with Crippen molar-refractivity contribution in [3.63, 3.8) is 0 Å². The lowest BCUT2D eigenvalue weighted by atomic mass is 10.1. The number of hydrogen-bond acceptors (Lipinski definition) is 1. The smallest absolute Gasteiger partial charge is 0.156 e. The van der Waals surface area contributed by atoms with Crippen LogP contribution in [0.1, 0.15) is 44.1 Å². The fraction of sp³-hybridized carbons (Fsp3) is 0.318. The number of rotatable bonds is 4. The van der Waals surface area contributed by atoms with Gasteiger partial charge in [-0.15, -0.1) is 5.92 Å². The fourth-order valence-corrected chi connectivity index (χ4v) is 1.83. The molecule has 0 saturated carbocycles. The number of hydrogen-bond donors (Lipinski definition) is 1. The molecule has 1 rings (SSSR count). The van der Waals surface area contributed by atoms with Crippen LogP contribution in [0.3, 0.4) is 0 Å². The summed E-state index contributed by atoms with van der Waals surface area (Å²) in [7, 11) is 0. The van der Waals surface area contributed by atoms with Crippen molar-refractivity contribution in [3.05, 3.63) is 35.9 Å². The van der Waals surface area contributed by atoms with Crippen molar-refractivity contribution < 1.29 is 5.11 Å². The summed E-state index contributed by atoms with van der Waals surface area (Å²) in [6.45, 7) is 0. The Morgan fingerprint density at radius 2 is 1.33 bits per heavy atom. The van der Waals surface area contributed by atoms with Crippen molar-refractivity contribution in [3.8, 4) is 47.4 Å². The van der Waals surface area contributed by atoms with Crippen LogP contribution < -0.4 is 0 Å². The van der Waals surface area contributed by atoms with E-state index in [0.29, 0.717) is 25.7 Å². The lowest BCUT2D eigenvalue weighted by molar-refractivity contribution is 0.544. The molecule has 0 aliphatic carbocycles. The summed E-state index contributed by atoms with van der Waals surface area (Å²) in [4.78, 5) is 0. The van der Waals surface area contributed by atoms with Crippen LogP contribution in [0.2, 0.25) is 0 Å². The maximum Gasteiger partial charge on any atom is 0.156 e. The summed E-state index contributed by atoms with van der Waals surface area (Å²) in [5.41, 5.74) is 1.23. The van der Waals surface area contributed by atoms with Crippen molar-refractivity contribution in [2.75, 3.05) is 0 Å². The van der Waals surface area contributed by atoms with Gasteiger partial charge >= 0.3 is 0 Å². The molecule has 0 unspecified atom stereocenters. The highest BCUT2D eigenvalue weighted by atomic mass is 32.1. The minimum atomic E-state index is 0.0555. The topological polar surface area (TPSA) is 20.2 Å². The zero-order valence-electron chi connectivity index (χ0n) is 13.7. The Balaban J connectivity index is 2.09. The first-order valence-electron chi connectivity index (χ1n) is 7.87. The summed E-state index contributed by atoms with van der Waals surface area (Å²) in [6, 6.07) is 10.2. The third-order valence-electron chi connectivity index (χ3n) is 2.86. The minimum absolute atomic E-state index is 0.0555. The van der Waals surface area contributed by atoms with Gasteiger partial charge in [0.2, 0.25) is 0 Å². The van der Waals surface area contributed by atoms with E-state index in [1.165, 1.54) is 5.56 Å².